The van der Waals surface area contributed by atoms with Crippen molar-refractivity contribution in [1.29, 1.82) is 0 Å². The van der Waals surface area contributed by atoms with Crippen LogP contribution in [0.2, 0.25) is 5.02 Å². The molecule has 2 rings (SSSR count). The molecule has 1 N–H and O–H groups in total. The molecule has 4 heteroatoms. The van der Waals surface area contributed by atoms with Crippen LogP contribution in [0.25, 0.3) is 0 Å². The largest absolute Gasteiger partial charge is 0.395 e. The number of nitrogens with zero attached hydrogens (tertiary/aromatic N) is 2. The number of benzene rings is 1. The molecule has 0 saturated carbocycles. The highest BCUT2D eigenvalue weighted by molar-refractivity contribution is 6.30. The number of hydrogen-bond acceptors (Lipinski definition) is 3. The third kappa shape index (κ3) is 2.97. The van der Waals surface area contributed by atoms with Gasteiger partial charge >= 0.3 is 0 Å². The normalized spacial score (nSPS) is 26.1. The number of hydrogen-bond donors (Lipinski definition) is 1. The van der Waals surface area contributed by atoms with E-state index < -0.39 is 0 Å². The maximum Gasteiger partial charge on any atom is 0.0604 e. The molecule has 100 valence electrons. The fourth-order valence-electron chi connectivity index (χ4n) is 2.45. The Morgan fingerprint density at radius 1 is 1.33 bits per heavy atom. The molecule has 1 aromatic rings. The third-order valence-electron chi connectivity index (χ3n) is 3.92. The van der Waals surface area contributed by atoms with Gasteiger partial charge in [-0.15, -0.1) is 0 Å². The fraction of sp³-hybridized carbons (Fsp3) is 0.571. The molecule has 3 nitrogen and oxygen atoms in total. The Hall–Kier alpha value is -0.770. The lowest BCUT2D eigenvalue weighted by molar-refractivity contribution is 0.127. The van der Waals surface area contributed by atoms with Gasteiger partial charge in [0.1, 0.15) is 0 Å². The lowest BCUT2D eigenvalue weighted by Gasteiger charge is -2.30. The summed E-state index contributed by atoms with van der Waals surface area (Å²) in [5.41, 5.74) is 1.18. The van der Waals surface area contributed by atoms with Crippen LogP contribution < -0.4 is 4.90 Å². The van der Waals surface area contributed by atoms with Crippen LogP contribution in [0.5, 0.6) is 0 Å². The molecule has 0 radical (unpaired) electrons. The molecular weight excluding hydrogens is 248 g/mol. The van der Waals surface area contributed by atoms with Gasteiger partial charge in [0.25, 0.3) is 0 Å². The highest BCUT2D eigenvalue weighted by Gasteiger charge is 2.26. The maximum absolute atomic E-state index is 9.52. The number of anilines is 1. The van der Waals surface area contributed by atoms with E-state index in [0.29, 0.717) is 6.04 Å². The Balaban J connectivity index is 2.16. The van der Waals surface area contributed by atoms with Crippen molar-refractivity contribution in [3.8, 4) is 0 Å². The van der Waals surface area contributed by atoms with E-state index in [2.05, 4.69) is 23.8 Å². The fourth-order valence-corrected chi connectivity index (χ4v) is 2.58. The van der Waals surface area contributed by atoms with Gasteiger partial charge in [-0.3, -0.25) is 4.90 Å². The summed E-state index contributed by atoms with van der Waals surface area (Å²) in [6.07, 6.45) is 1.11. The van der Waals surface area contributed by atoms with Crippen LogP contribution in [-0.4, -0.2) is 48.8 Å². The highest BCUT2D eigenvalue weighted by Crippen LogP contribution is 2.22. The van der Waals surface area contributed by atoms with Crippen molar-refractivity contribution in [3.05, 3.63) is 29.3 Å². The second-order valence-corrected chi connectivity index (χ2v) is 5.50. The molecule has 0 aromatic heterocycles. The third-order valence-corrected chi connectivity index (χ3v) is 4.17. The van der Waals surface area contributed by atoms with Gasteiger partial charge in [0.2, 0.25) is 0 Å². The van der Waals surface area contributed by atoms with E-state index in [1.54, 1.807) is 0 Å². The van der Waals surface area contributed by atoms with Gasteiger partial charge in [0, 0.05) is 29.8 Å². The molecule has 0 bridgehead atoms. The Labute approximate surface area is 114 Å². The second kappa shape index (κ2) is 5.91. The summed E-state index contributed by atoms with van der Waals surface area (Å²) in [5, 5.41) is 10.3. The topological polar surface area (TPSA) is 26.7 Å². The average Bonchev–Trinajstić information content (AvgIpc) is 2.52. The molecule has 18 heavy (non-hydrogen) atoms. The van der Waals surface area contributed by atoms with Crippen LogP contribution >= 0.6 is 11.6 Å². The summed E-state index contributed by atoms with van der Waals surface area (Å²) in [6, 6.07) is 8.63. The molecule has 0 amide bonds. The summed E-state index contributed by atoms with van der Waals surface area (Å²) in [6.45, 7) is 4.29. The van der Waals surface area contributed by atoms with E-state index in [1.807, 2.05) is 24.3 Å². The zero-order valence-electron chi connectivity index (χ0n) is 11.0. The molecule has 2 atom stereocenters. The number of rotatable bonds is 2. The lowest BCUT2D eigenvalue weighted by Crippen LogP contribution is -2.44. The van der Waals surface area contributed by atoms with Crippen LogP contribution in [0.1, 0.15) is 13.3 Å². The first kappa shape index (κ1) is 13.7. The van der Waals surface area contributed by atoms with E-state index >= 15 is 0 Å². The number of halogens is 1. The Morgan fingerprint density at radius 2 is 2.00 bits per heavy atom. The van der Waals surface area contributed by atoms with Crippen LogP contribution in [-0.2, 0) is 0 Å². The number of aliphatic hydroxyl groups is 1. The van der Waals surface area contributed by atoms with E-state index in [4.69, 9.17) is 11.6 Å². The van der Waals surface area contributed by atoms with E-state index in [-0.39, 0.29) is 12.6 Å². The maximum atomic E-state index is 9.52. The molecule has 1 aromatic carbocycles. The van der Waals surface area contributed by atoms with Crippen LogP contribution in [0, 0.1) is 0 Å². The average molecular weight is 269 g/mol. The van der Waals surface area contributed by atoms with Crippen molar-refractivity contribution in [1.82, 2.24) is 4.90 Å². The van der Waals surface area contributed by atoms with Gasteiger partial charge in [0.15, 0.2) is 0 Å². The van der Waals surface area contributed by atoms with Gasteiger partial charge < -0.3 is 10.0 Å². The summed E-state index contributed by atoms with van der Waals surface area (Å²) in [5.74, 6) is 0. The lowest BCUT2D eigenvalue weighted by atomic mass is 10.2. The van der Waals surface area contributed by atoms with Crippen molar-refractivity contribution < 1.29 is 5.11 Å². The second-order valence-electron chi connectivity index (χ2n) is 5.06. The minimum absolute atomic E-state index is 0.193. The molecular formula is C14H21ClN2O. The van der Waals surface area contributed by atoms with Crippen molar-refractivity contribution >= 4 is 17.3 Å². The molecule has 1 fully saturated rings. The van der Waals surface area contributed by atoms with Crippen molar-refractivity contribution in [2.75, 3.05) is 31.6 Å². The number of likely N-dealkylation sites (N-methyl/N-ethyl adjacent to an activating group) is 1. The quantitative estimate of drug-likeness (QED) is 0.891. The number of aliphatic hydroxyl groups excluding tert-OH is 1. The predicted molar refractivity (Wildman–Crippen MR) is 76.4 cm³/mol. The van der Waals surface area contributed by atoms with Gasteiger partial charge in [-0.05, 0) is 44.7 Å². The first-order valence-corrected chi connectivity index (χ1v) is 6.83. The molecule has 2 unspecified atom stereocenters. The Kier molecular flexibility index (Phi) is 4.49. The molecule has 1 heterocycles. The molecule has 0 spiro atoms. The van der Waals surface area contributed by atoms with Gasteiger partial charge in [-0.25, -0.2) is 0 Å². The zero-order valence-corrected chi connectivity index (χ0v) is 11.8. The van der Waals surface area contributed by atoms with E-state index in [0.717, 1.165) is 24.5 Å². The minimum atomic E-state index is 0.193. The molecule has 0 aliphatic carbocycles. The van der Waals surface area contributed by atoms with Crippen LogP contribution in [0.4, 0.5) is 5.69 Å². The van der Waals surface area contributed by atoms with Gasteiger partial charge in [-0.2, -0.15) is 0 Å². The van der Waals surface area contributed by atoms with E-state index in [1.165, 1.54) is 5.69 Å². The molecule has 1 saturated heterocycles. The van der Waals surface area contributed by atoms with Crippen LogP contribution in [0.15, 0.2) is 24.3 Å². The monoisotopic (exact) mass is 268 g/mol. The first-order chi connectivity index (χ1) is 8.61. The highest BCUT2D eigenvalue weighted by atomic mass is 35.5. The predicted octanol–water partition coefficient (Wildman–Crippen LogP) is 2.23. The SMILES string of the molecule is CC1CCN(c2ccc(Cl)cc2)CC(CO)N1C. The van der Waals surface area contributed by atoms with Crippen molar-refractivity contribution in [3.63, 3.8) is 0 Å². The van der Waals surface area contributed by atoms with Gasteiger partial charge in [-0.1, -0.05) is 11.6 Å². The summed E-state index contributed by atoms with van der Waals surface area (Å²) in [7, 11) is 2.09. The van der Waals surface area contributed by atoms with Gasteiger partial charge in [0.05, 0.1) is 12.6 Å². The Morgan fingerprint density at radius 3 is 2.61 bits per heavy atom. The summed E-state index contributed by atoms with van der Waals surface area (Å²) in [4.78, 5) is 4.60. The minimum Gasteiger partial charge on any atom is -0.395 e. The zero-order chi connectivity index (χ0) is 13.1. The molecule has 1 aliphatic heterocycles. The van der Waals surface area contributed by atoms with Crippen LogP contribution in [0.3, 0.4) is 0 Å². The Bertz CT molecular complexity index is 382. The smallest absolute Gasteiger partial charge is 0.0604 e. The van der Waals surface area contributed by atoms with Crippen molar-refractivity contribution in [2.24, 2.45) is 0 Å². The van der Waals surface area contributed by atoms with E-state index in [9.17, 15) is 5.11 Å². The molecule has 1 aliphatic rings. The summed E-state index contributed by atoms with van der Waals surface area (Å²) >= 11 is 5.92. The van der Waals surface area contributed by atoms with Crippen molar-refractivity contribution in [2.45, 2.75) is 25.4 Å². The standard InChI is InChI=1S/C14H21ClN2O/c1-11-7-8-17(9-14(10-18)16(11)2)13-5-3-12(15)4-6-13/h3-6,11,14,18H,7-10H2,1-2H3. The first-order valence-electron chi connectivity index (χ1n) is 6.45. The summed E-state index contributed by atoms with van der Waals surface area (Å²) < 4.78 is 0.